The molecule has 1 fully saturated rings. The van der Waals surface area contributed by atoms with E-state index in [0.29, 0.717) is 11.5 Å². The summed E-state index contributed by atoms with van der Waals surface area (Å²) in [6.07, 6.45) is 3.27. The van der Waals surface area contributed by atoms with E-state index < -0.39 is 5.82 Å². The first-order valence-electron chi connectivity index (χ1n) is 4.91. The van der Waals surface area contributed by atoms with Gasteiger partial charge >= 0.3 is 0 Å². The van der Waals surface area contributed by atoms with E-state index >= 15 is 0 Å². The van der Waals surface area contributed by atoms with Gasteiger partial charge in [0.05, 0.1) is 0 Å². The lowest BCUT2D eigenvalue weighted by Gasteiger charge is -2.13. The van der Waals surface area contributed by atoms with Crippen molar-refractivity contribution in [2.24, 2.45) is 11.7 Å². The minimum Gasteiger partial charge on any atom is -0.505 e. The summed E-state index contributed by atoms with van der Waals surface area (Å²) in [5.74, 6) is -0.206. The van der Waals surface area contributed by atoms with Crippen molar-refractivity contribution < 1.29 is 9.50 Å². The van der Waals surface area contributed by atoms with Gasteiger partial charge in [-0.3, -0.25) is 0 Å². The number of phenols is 1. The molecule has 0 saturated heterocycles. The average molecular weight is 195 g/mol. The van der Waals surface area contributed by atoms with Crippen molar-refractivity contribution in [1.82, 2.24) is 0 Å². The van der Waals surface area contributed by atoms with Crippen LogP contribution in [0.25, 0.3) is 0 Å². The molecule has 1 aromatic carbocycles. The standard InChI is InChI=1S/C11H14FNO/c12-9-3-1-2-8(11(9)14)10(13)6-7-4-5-7/h1-3,7,10,14H,4-6,13H2/t10-/m1/s1. The van der Waals surface area contributed by atoms with Crippen LogP contribution in [0.5, 0.6) is 5.75 Å². The molecule has 2 nitrogen and oxygen atoms in total. The summed E-state index contributed by atoms with van der Waals surface area (Å²) in [6, 6.07) is 4.27. The van der Waals surface area contributed by atoms with Crippen LogP contribution in [0.2, 0.25) is 0 Å². The van der Waals surface area contributed by atoms with E-state index in [2.05, 4.69) is 0 Å². The Kier molecular flexibility index (Phi) is 2.42. The molecular weight excluding hydrogens is 181 g/mol. The highest BCUT2D eigenvalue weighted by atomic mass is 19.1. The lowest BCUT2D eigenvalue weighted by Crippen LogP contribution is -2.11. The fourth-order valence-corrected chi connectivity index (χ4v) is 1.67. The number of nitrogens with two attached hydrogens (primary N) is 1. The second-order valence-electron chi connectivity index (χ2n) is 3.96. The van der Waals surface area contributed by atoms with Crippen LogP contribution in [0.4, 0.5) is 4.39 Å². The molecule has 3 heteroatoms. The molecular formula is C11H14FNO. The number of benzene rings is 1. The summed E-state index contributed by atoms with van der Waals surface area (Å²) in [6.45, 7) is 0. The molecule has 0 aliphatic heterocycles. The van der Waals surface area contributed by atoms with E-state index in [1.165, 1.54) is 18.9 Å². The monoisotopic (exact) mass is 195 g/mol. The van der Waals surface area contributed by atoms with Crippen LogP contribution in [0.15, 0.2) is 18.2 Å². The maximum absolute atomic E-state index is 13.0. The fourth-order valence-electron chi connectivity index (χ4n) is 1.67. The zero-order valence-electron chi connectivity index (χ0n) is 7.91. The zero-order chi connectivity index (χ0) is 10.1. The topological polar surface area (TPSA) is 46.2 Å². The number of phenolic OH excluding ortho intramolecular Hbond substituents is 1. The molecule has 0 aromatic heterocycles. The van der Waals surface area contributed by atoms with Gasteiger partial charge in [-0.2, -0.15) is 0 Å². The van der Waals surface area contributed by atoms with Crippen LogP contribution in [0.1, 0.15) is 30.9 Å². The second-order valence-corrected chi connectivity index (χ2v) is 3.96. The molecule has 1 saturated carbocycles. The Bertz CT molecular complexity index is 336. The van der Waals surface area contributed by atoms with Gasteiger partial charge in [0.15, 0.2) is 11.6 Å². The number of halogens is 1. The van der Waals surface area contributed by atoms with Crippen molar-refractivity contribution in [2.45, 2.75) is 25.3 Å². The Hall–Kier alpha value is -1.09. The first-order valence-corrected chi connectivity index (χ1v) is 4.91. The first kappa shape index (κ1) is 9.46. The molecule has 14 heavy (non-hydrogen) atoms. The van der Waals surface area contributed by atoms with E-state index in [9.17, 15) is 9.50 Å². The highest BCUT2D eigenvalue weighted by molar-refractivity contribution is 5.35. The quantitative estimate of drug-likeness (QED) is 0.777. The second kappa shape index (κ2) is 3.58. The zero-order valence-corrected chi connectivity index (χ0v) is 7.91. The fraction of sp³-hybridized carbons (Fsp3) is 0.455. The number of hydrogen-bond acceptors (Lipinski definition) is 2. The molecule has 0 amide bonds. The molecule has 3 N–H and O–H groups in total. The lowest BCUT2D eigenvalue weighted by molar-refractivity contribution is 0.417. The van der Waals surface area contributed by atoms with Crippen LogP contribution in [-0.2, 0) is 0 Å². The third-order valence-electron chi connectivity index (χ3n) is 2.70. The Balaban J connectivity index is 2.16. The predicted molar refractivity (Wildman–Crippen MR) is 52.3 cm³/mol. The summed E-state index contributed by atoms with van der Waals surface area (Å²) in [4.78, 5) is 0. The van der Waals surface area contributed by atoms with Crippen molar-refractivity contribution in [2.75, 3.05) is 0 Å². The summed E-state index contributed by atoms with van der Waals surface area (Å²) in [5, 5.41) is 9.45. The molecule has 76 valence electrons. The van der Waals surface area contributed by atoms with Gasteiger partial charge in [-0.1, -0.05) is 25.0 Å². The van der Waals surface area contributed by atoms with E-state index in [-0.39, 0.29) is 11.8 Å². The molecule has 1 aromatic rings. The molecule has 0 heterocycles. The van der Waals surface area contributed by atoms with Crippen LogP contribution in [0.3, 0.4) is 0 Å². The van der Waals surface area contributed by atoms with Crippen LogP contribution in [0, 0.1) is 11.7 Å². The van der Waals surface area contributed by atoms with Crippen LogP contribution < -0.4 is 5.73 Å². The Morgan fingerprint density at radius 3 is 2.86 bits per heavy atom. The molecule has 1 aliphatic rings. The number of rotatable bonds is 3. The van der Waals surface area contributed by atoms with Gasteiger partial charge in [-0.15, -0.1) is 0 Å². The molecule has 1 aliphatic carbocycles. The number of para-hydroxylation sites is 1. The van der Waals surface area contributed by atoms with Crippen molar-refractivity contribution in [3.63, 3.8) is 0 Å². The Morgan fingerprint density at radius 2 is 2.21 bits per heavy atom. The summed E-state index contributed by atoms with van der Waals surface area (Å²) in [7, 11) is 0. The van der Waals surface area contributed by atoms with Gasteiger partial charge in [0.1, 0.15) is 0 Å². The van der Waals surface area contributed by atoms with E-state index in [0.717, 1.165) is 6.42 Å². The van der Waals surface area contributed by atoms with Gasteiger partial charge in [-0.25, -0.2) is 4.39 Å². The smallest absolute Gasteiger partial charge is 0.165 e. The van der Waals surface area contributed by atoms with Gasteiger partial charge in [0, 0.05) is 11.6 Å². The normalized spacial score (nSPS) is 18.1. The maximum atomic E-state index is 13.0. The Labute approximate surface area is 82.5 Å². The van der Waals surface area contributed by atoms with Gasteiger partial charge in [0.2, 0.25) is 0 Å². The van der Waals surface area contributed by atoms with Crippen molar-refractivity contribution in [1.29, 1.82) is 0 Å². The largest absolute Gasteiger partial charge is 0.505 e. The molecule has 1 atom stereocenters. The third-order valence-corrected chi connectivity index (χ3v) is 2.70. The van der Waals surface area contributed by atoms with Gasteiger partial charge in [0.25, 0.3) is 0 Å². The van der Waals surface area contributed by atoms with Crippen LogP contribution in [-0.4, -0.2) is 5.11 Å². The number of hydrogen-bond donors (Lipinski definition) is 2. The lowest BCUT2D eigenvalue weighted by atomic mass is 10.0. The molecule has 0 spiro atoms. The Morgan fingerprint density at radius 1 is 1.50 bits per heavy atom. The minimum atomic E-state index is -0.589. The highest BCUT2D eigenvalue weighted by Crippen LogP contribution is 2.38. The predicted octanol–water partition coefficient (Wildman–Crippen LogP) is 2.33. The molecule has 0 unspecified atom stereocenters. The minimum absolute atomic E-state index is 0.238. The third kappa shape index (κ3) is 1.87. The van der Waals surface area contributed by atoms with E-state index in [1.807, 2.05) is 0 Å². The van der Waals surface area contributed by atoms with Gasteiger partial charge in [-0.05, 0) is 18.4 Å². The summed E-state index contributed by atoms with van der Waals surface area (Å²) >= 11 is 0. The number of aromatic hydroxyl groups is 1. The van der Waals surface area contributed by atoms with Crippen molar-refractivity contribution >= 4 is 0 Å². The van der Waals surface area contributed by atoms with Crippen molar-refractivity contribution in [3.8, 4) is 5.75 Å². The van der Waals surface area contributed by atoms with E-state index in [4.69, 9.17) is 5.73 Å². The molecule has 2 rings (SSSR count). The maximum Gasteiger partial charge on any atom is 0.165 e. The first-order chi connectivity index (χ1) is 6.68. The summed E-state index contributed by atoms with van der Waals surface area (Å²) < 4.78 is 13.0. The van der Waals surface area contributed by atoms with Gasteiger partial charge < -0.3 is 10.8 Å². The highest BCUT2D eigenvalue weighted by Gasteiger charge is 2.25. The molecule has 0 bridgehead atoms. The SMILES string of the molecule is N[C@H](CC1CC1)c1cccc(F)c1O. The molecule has 0 radical (unpaired) electrons. The average Bonchev–Trinajstić information content (AvgIpc) is 2.93. The summed E-state index contributed by atoms with van der Waals surface area (Å²) in [5.41, 5.74) is 6.40. The van der Waals surface area contributed by atoms with Crippen molar-refractivity contribution in [3.05, 3.63) is 29.6 Å². The van der Waals surface area contributed by atoms with Crippen LogP contribution >= 0.6 is 0 Å². The van der Waals surface area contributed by atoms with E-state index in [1.54, 1.807) is 12.1 Å².